The summed E-state index contributed by atoms with van der Waals surface area (Å²) in [7, 11) is 0. The van der Waals surface area contributed by atoms with E-state index in [0.717, 1.165) is 12.8 Å². The van der Waals surface area contributed by atoms with Gasteiger partial charge in [0.1, 0.15) is 0 Å². The molecule has 1 aliphatic rings. The summed E-state index contributed by atoms with van der Waals surface area (Å²) in [4.78, 5) is 11.9. The zero-order valence-corrected chi connectivity index (χ0v) is 10.2. The maximum atomic E-state index is 11.9. The fourth-order valence-corrected chi connectivity index (χ4v) is 2.81. The molecule has 3 unspecified atom stereocenters. The van der Waals surface area contributed by atoms with Crippen molar-refractivity contribution < 1.29 is 14.6 Å². The van der Waals surface area contributed by atoms with Crippen molar-refractivity contribution in [3.63, 3.8) is 0 Å². The van der Waals surface area contributed by atoms with Crippen molar-refractivity contribution in [3.8, 4) is 0 Å². The molecule has 3 atom stereocenters. The summed E-state index contributed by atoms with van der Waals surface area (Å²) in [6.07, 6.45) is 2.21. The minimum Gasteiger partial charge on any atom is -0.465 e. The summed E-state index contributed by atoms with van der Waals surface area (Å²) in [6, 6.07) is 0. The van der Waals surface area contributed by atoms with Crippen molar-refractivity contribution in [1.82, 2.24) is 0 Å². The summed E-state index contributed by atoms with van der Waals surface area (Å²) in [5, 5.41) is 10.6. The van der Waals surface area contributed by atoms with E-state index in [2.05, 4.69) is 0 Å². The highest BCUT2D eigenvalue weighted by Gasteiger charge is 2.59. The number of aliphatic hydroxyl groups is 1. The Bertz CT molecular complexity index is 251. The van der Waals surface area contributed by atoms with E-state index in [0.29, 0.717) is 13.0 Å². The molecule has 0 radical (unpaired) electrons. The Morgan fingerprint density at radius 2 is 2.13 bits per heavy atom. The van der Waals surface area contributed by atoms with Gasteiger partial charge in [0.05, 0.1) is 17.6 Å². The first-order valence-electron chi connectivity index (χ1n) is 5.82. The first-order chi connectivity index (χ1) is 6.92. The van der Waals surface area contributed by atoms with E-state index in [-0.39, 0.29) is 11.9 Å². The van der Waals surface area contributed by atoms with Crippen LogP contribution in [-0.2, 0) is 9.53 Å². The quantitative estimate of drug-likeness (QED) is 0.732. The Labute approximate surface area is 91.8 Å². The highest BCUT2D eigenvalue weighted by molar-refractivity contribution is 5.78. The second kappa shape index (κ2) is 4.12. The third-order valence-electron chi connectivity index (χ3n) is 4.11. The zero-order valence-electron chi connectivity index (χ0n) is 10.2. The van der Waals surface area contributed by atoms with Gasteiger partial charge in [-0.15, -0.1) is 0 Å². The van der Waals surface area contributed by atoms with Gasteiger partial charge in [0.2, 0.25) is 0 Å². The van der Waals surface area contributed by atoms with Gasteiger partial charge in [-0.05, 0) is 39.0 Å². The van der Waals surface area contributed by atoms with Gasteiger partial charge in [0.15, 0.2) is 0 Å². The molecule has 1 N–H and O–H groups in total. The Kier molecular flexibility index (Phi) is 3.44. The molecule has 15 heavy (non-hydrogen) atoms. The van der Waals surface area contributed by atoms with Crippen LogP contribution in [0.25, 0.3) is 0 Å². The van der Waals surface area contributed by atoms with Crippen LogP contribution in [0.1, 0.15) is 47.0 Å². The predicted octanol–water partition coefficient (Wildman–Crippen LogP) is 2.13. The van der Waals surface area contributed by atoms with Gasteiger partial charge in [-0.3, -0.25) is 4.79 Å². The molecule has 1 rings (SSSR count). The molecule has 0 saturated heterocycles. The molecule has 3 nitrogen and oxygen atoms in total. The molecule has 3 heteroatoms. The van der Waals surface area contributed by atoms with E-state index in [1.54, 1.807) is 6.92 Å². The topological polar surface area (TPSA) is 46.5 Å². The maximum Gasteiger partial charge on any atom is 0.314 e. The predicted molar refractivity (Wildman–Crippen MR) is 58.4 cm³/mol. The number of hydrogen-bond acceptors (Lipinski definition) is 3. The molecule has 0 spiro atoms. The van der Waals surface area contributed by atoms with Crippen LogP contribution in [0.3, 0.4) is 0 Å². The van der Waals surface area contributed by atoms with Gasteiger partial charge >= 0.3 is 5.97 Å². The first kappa shape index (κ1) is 12.5. The van der Waals surface area contributed by atoms with Crippen molar-refractivity contribution >= 4 is 5.97 Å². The van der Waals surface area contributed by atoms with Crippen molar-refractivity contribution in [2.24, 2.45) is 11.3 Å². The van der Waals surface area contributed by atoms with Crippen LogP contribution in [0.5, 0.6) is 0 Å². The van der Waals surface area contributed by atoms with Crippen LogP contribution in [-0.4, -0.2) is 23.3 Å². The van der Waals surface area contributed by atoms with Crippen LogP contribution in [0.15, 0.2) is 0 Å². The van der Waals surface area contributed by atoms with E-state index in [1.807, 2.05) is 20.8 Å². The molecule has 0 aromatic carbocycles. The smallest absolute Gasteiger partial charge is 0.314 e. The Morgan fingerprint density at radius 1 is 1.53 bits per heavy atom. The molecule has 88 valence electrons. The van der Waals surface area contributed by atoms with Crippen molar-refractivity contribution in [2.75, 3.05) is 6.61 Å². The van der Waals surface area contributed by atoms with E-state index in [4.69, 9.17) is 4.74 Å². The summed E-state index contributed by atoms with van der Waals surface area (Å²) >= 11 is 0. The first-order valence-corrected chi connectivity index (χ1v) is 5.82. The lowest BCUT2D eigenvalue weighted by atomic mass is 9.71. The molecule has 1 aliphatic carbocycles. The van der Waals surface area contributed by atoms with Gasteiger partial charge in [-0.2, -0.15) is 0 Å². The van der Waals surface area contributed by atoms with Gasteiger partial charge < -0.3 is 9.84 Å². The highest BCUT2D eigenvalue weighted by atomic mass is 16.5. The standard InChI is InChI=1S/C12H22O3/c1-5-12(14)9(3)7-8-11(12,4)10(13)15-6-2/h9,14H,5-8H2,1-4H3. The third kappa shape index (κ3) is 1.67. The molecular formula is C12H22O3. The Hall–Kier alpha value is -0.570. The average Bonchev–Trinajstić information content (AvgIpc) is 2.45. The van der Waals surface area contributed by atoms with Crippen molar-refractivity contribution in [2.45, 2.75) is 52.6 Å². The number of hydrogen-bond donors (Lipinski definition) is 1. The third-order valence-corrected chi connectivity index (χ3v) is 4.11. The molecule has 1 fully saturated rings. The van der Waals surface area contributed by atoms with Crippen LogP contribution < -0.4 is 0 Å². The van der Waals surface area contributed by atoms with Crippen molar-refractivity contribution in [3.05, 3.63) is 0 Å². The summed E-state index contributed by atoms with van der Waals surface area (Å²) < 4.78 is 5.08. The van der Waals surface area contributed by atoms with E-state index < -0.39 is 11.0 Å². The zero-order chi connectivity index (χ0) is 11.7. The summed E-state index contributed by atoms with van der Waals surface area (Å²) in [6.45, 7) is 7.94. The molecule has 1 saturated carbocycles. The van der Waals surface area contributed by atoms with E-state index >= 15 is 0 Å². The summed E-state index contributed by atoms with van der Waals surface area (Å²) in [5.41, 5.74) is -1.63. The van der Waals surface area contributed by atoms with Crippen LogP contribution in [0.2, 0.25) is 0 Å². The van der Waals surface area contributed by atoms with Crippen LogP contribution >= 0.6 is 0 Å². The largest absolute Gasteiger partial charge is 0.465 e. The van der Waals surface area contributed by atoms with Crippen LogP contribution in [0.4, 0.5) is 0 Å². The average molecular weight is 214 g/mol. The fourth-order valence-electron chi connectivity index (χ4n) is 2.81. The molecule has 0 heterocycles. The second-order valence-corrected chi connectivity index (χ2v) is 4.77. The molecule has 0 bridgehead atoms. The number of carbonyl (C=O) groups excluding carboxylic acids is 1. The Balaban J connectivity index is 2.97. The normalized spacial score (nSPS) is 40.5. The lowest BCUT2D eigenvalue weighted by Gasteiger charge is -2.39. The fraction of sp³-hybridized carbons (Fsp3) is 0.917. The highest BCUT2D eigenvalue weighted by Crippen LogP contribution is 2.52. The number of ether oxygens (including phenoxy) is 1. The maximum absolute atomic E-state index is 11.9. The lowest BCUT2D eigenvalue weighted by Crippen LogP contribution is -2.50. The van der Waals surface area contributed by atoms with Crippen molar-refractivity contribution in [1.29, 1.82) is 0 Å². The molecular weight excluding hydrogens is 192 g/mol. The van der Waals surface area contributed by atoms with Gasteiger partial charge in [-0.1, -0.05) is 13.8 Å². The number of rotatable bonds is 3. The summed E-state index contributed by atoms with van der Waals surface area (Å²) in [5.74, 6) is -0.0874. The van der Waals surface area contributed by atoms with Gasteiger partial charge in [-0.25, -0.2) is 0 Å². The SMILES string of the molecule is CCOC(=O)C1(C)CCC(C)C1(O)CC. The number of esters is 1. The van der Waals surface area contributed by atoms with Gasteiger partial charge in [0, 0.05) is 0 Å². The second-order valence-electron chi connectivity index (χ2n) is 4.77. The molecule has 0 aromatic rings. The van der Waals surface area contributed by atoms with Gasteiger partial charge in [0.25, 0.3) is 0 Å². The molecule has 0 amide bonds. The molecule has 0 aliphatic heterocycles. The molecule has 0 aromatic heterocycles. The van der Waals surface area contributed by atoms with Crippen LogP contribution in [0, 0.1) is 11.3 Å². The minimum absolute atomic E-state index is 0.164. The Morgan fingerprint density at radius 3 is 2.60 bits per heavy atom. The van der Waals surface area contributed by atoms with E-state index in [1.165, 1.54) is 0 Å². The van der Waals surface area contributed by atoms with E-state index in [9.17, 15) is 9.90 Å². The minimum atomic E-state index is -0.904. The number of carbonyl (C=O) groups is 1. The lowest BCUT2D eigenvalue weighted by molar-refractivity contribution is -0.172. The monoisotopic (exact) mass is 214 g/mol.